The Morgan fingerprint density at radius 2 is 2.03 bits per heavy atom. The lowest BCUT2D eigenvalue weighted by Crippen LogP contribution is -2.12. The van der Waals surface area contributed by atoms with Gasteiger partial charge in [0.25, 0.3) is 5.91 Å². The quantitative estimate of drug-likeness (QED) is 0.420. The molecule has 32 heavy (non-hydrogen) atoms. The molecular formula is C21H19ClN4O4S2. The molecule has 0 fully saturated rings. The van der Waals surface area contributed by atoms with Gasteiger partial charge in [-0.1, -0.05) is 35.9 Å². The highest BCUT2D eigenvalue weighted by Crippen LogP contribution is 2.36. The van der Waals surface area contributed by atoms with E-state index in [1.54, 1.807) is 41.9 Å². The molecule has 3 heterocycles. The summed E-state index contributed by atoms with van der Waals surface area (Å²) in [6.45, 7) is 1.80. The predicted octanol–water partition coefficient (Wildman–Crippen LogP) is 3.89. The fraction of sp³-hybridized carbons (Fsp3) is 0.190. The van der Waals surface area contributed by atoms with Crippen molar-refractivity contribution in [1.82, 2.24) is 14.4 Å². The van der Waals surface area contributed by atoms with E-state index in [9.17, 15) is 13.2 Å². The maximum Gasteiger partial charge on any atom is 0.264 e. The van der Waals surface area contributed by atoms with Crippen LogP contribution >= 0.6 is 22.9 Å². The van der Waals surface area contributed by atoms with E-state index in [0.717, 1.165) is 16.9 Å². The average Bonchev–Trinajstić information content (AvgIpc) is 3.30. The molecule has 0 spiro atoms. The maximum absolute atomic E-state index is 12.1. The molecule has 1 aromatic carbocycles. The molecule has 11 heteroatoms. The van der Waals surface area contributed by atoms with Gasteiger partial charge in [-0.3, -0.25) is 9.20 Å². The molecule has 0 saturated carbocycles. The van der Waals surface area contributed by atoms with Crippen LogP contribution in [0.4, 0.5) is 0 Å². The van der Waals surface area contributed by atoms with Crippen LogP contribution in [0.5, 0.6) is 5.88 Å². The van der Waals surface area contributed by atoms with E-state index in [0.29, 0.717) is 26.9 Å². The van der Waals surface area contributed by atoms with Gasteiger partial charge in [0.05, 0.1) is 11.9 Å². The Balaban J connectivity index is 1.74. The number of amides is 1. The van der Waals surface area contributed by atoms with Crippen molar-refractivity contribution >= 4 is 44.3 Å². The molecule has 4 aromatic rings. The first-order valence-electron chi connectivity index (χ1n) is 9.48. The summed E-state index contributed by atoms with van der Waals surface area (Å²) in [7, 11) is -3.20. The third-order valence-electron chi connectivity index (χ3n) is 4.67. The highest BCUT2D eigenvalue weighted by Gasteiger charge is 2.23. The number of hydrogen-bond donors (Lipinski definition) is 1. The van der Waals surface area contributed by atoms with Crippen LogP contribution in [0.1, 0.15) is 33.8 Å². The molecule has 166 valence electrons. The second kappa shape index (κ2) is 8.53. The molecule has 1 atom stereocenters. The average molecular weight is 491 g/mol. The number of sulfone groups is 1. The van der Waals surface area contributed by atoms with E-state index >= 15 is 0 Å². The number of nitrogens with two attached hydrogens (primary N) is 1. The second-order valence-corrected chi connectivity index (χ2v) is 10.8. The first kappa shape index (κ1) is 22.3. The normalized spacial score (nSPS) is 12.7. The van der Waals surface area contributed by atoms with E-state index in [1.165, 1.54) is 6.26 Å². The topological polar surface area (TPSA) is 117 Å². The summed E-state index contributed by atoms with van der Waals surface area (Å²) in [5.74, 6) is -0.664. The Bertz CT molecular complexity index is 1430. The van der Waals surface area contributed by atoms with Crippen LogP contribution in [0.3, 0.4) is 0 Å². The van der Waals surface area contributed by atoms with E-state index < -0.39 is 21.8 Å². The number of carbonyl (C=O) groups excluding carboxylic acids is 1. The van der Waals surface area contributed by atoms with Crippen molar-refractivity contribution < 1.29 is 17.9 Å². The number of hydrogen-bond acceptors (Lipinski definition) is 7. The lowest BCUT2D eigenvalue weighted by Gasteiger charge is -2.15. The number of halogens is 1. The summed E-state index contributed by atoms with van der Waals surface area (Å²) in [5, 5.41) is 1.00. The number of carbonyl (C=O) groups is 1. The Morgan fingerprint density at radius 3 is 2.72 bits per heavy atom. The monoisotopic (exact) mass is 490 g/mol. The smallest absolute Gasteiger partial charge is 0.264 e. The maximum atomic E-state index is 12.1. The summed E-state index contributed by atoms with van der Waals surface area (Å²) >= 11 is 7.33. The Hall–Kier alpha value is -2.95. The van der Waals surface area contributed by atoms with Crippen LogP contribution in [0, 0.1) is 0 Å². The van der Waals surface area contributed by atoms with Gasteiger partial charge in [-0.15, -0.1) is 11.3 Å². The lowest BCUT2D eigenvalue weighted by molar-refractivity contribution is 0.0997. The first-order chi connectivity index (χ1) is 15.1. The minimum absolute atomic E-state index is 0.103. The summed E-state index contributed by atoms with van der Waals surface area (Å²) in [6.07, 6.45) is 4.00. The van der Waals surface area contributed by atoms with Crippen molar-refractivity contribution in [2.45, 2.75) is 18.8 Å². The van der Waals surface area contributed by atoms with Crippen LogP contribution in [0.25, 0.3) is 16.3 Å². The number of ether oxygens (including phenoxy) is 1. The van der Waals surface area contributed by atoms with Crippen molar-refractivity contribution in [3.63, 3.8) is 0 Å². The molecule has 4 rings (SSSR count). The molecular weight excluding hydrogens is 472 g/mol. The highest BCUT2D eigenvalue weighted by molar-refractivity contribution is 7.89. The minimum atomic E-state index is -3.20. The lowest BCUT2D eigenvalue weighted by atomic mass is 10.1. The van der Waals surface area contributed by atoms with Gasteiger partial charge in [-0.25, -0.2) is 13.4 Å². The summed E-state index contributed by atoms with van der Waals surface area (Å²) in [5.41, 5.74) is 8.12. The summed E-state index contributed by atoms with van der Waals surface area (Å²) < 4.78 is 31.1. The zero-order valence-corrected chi connectivity index (χ0v) is 19.5. The molecule has 0 radical (unpaired) electrons. The number of thiazole rings is 1. The first-order valence-corrected chi connectivity index (χ1v) is 12.7. The molecule has 0 unspecified atom stereocenters. The van der Waals surface area contributed by atoms with E-state index in [4.69, 9.17) is 22.1 Å². The molecule has 0 bridgehead atoms. The van der Waals surface area contributed by atoms with Crippen LogP contribution < -0.4 is 10.5 Å². The van der Waals surface area contributed by atoms with Gasteiger partial charge >= 0.3 is 0 Å². The molecule has 1 amide bonds. The van der Waals surface area contributed by atoms with Crippen molar-refractivity contribution in [2.24, 2.45) is 5.73 Å². The standard InChI is InChI=1S/C21H19ClN4O4S2/c1-12(14-5-3-4-6-15(14)22)30-20-18(19(23)27)31-21(25-20)16-9-24-17-8-7-13(10-26(16)17)11-32(2,28)29/h3-10,12H,11H2,1-2H3,(H2,23,27)/t12-/m1/s1. The van der Waals surface area contributed by atoms with Gasteiger partial charge in [0.15, 0.2) is 14.7 Å². The number of benzene rings is 1. The number of primary amides is 1. The molecule has 0 aliphatic rings. The number of pyridine rings is 1. The number of nitrogens with zero attached hydrogens (tertiary/aromatic N) is 3. The SMILES string of the molecule is C[C@@H](Oc1nc(-c2cnc3ccc(CS(C)(=O)=O)cn23)sc1C(N)=O)c1ccccc1Cl. The van der Waals surface area contributed by atoms with Gasteiger partial charge in [-0.05, 0) is 24.6 Å². The fourth-order valence-electron chi connectivity index (χ4n) is 3.26. The molecule has 0 saturated heterocycles. The van der Waals surface area contributed by atoms with Crippen molar-refractivity contribution in [3.05, 3.63) is 69.8 Å². The zero-order valence-electron chi connectivity index (χ0n) is 17.1. The van der Waals surface area contributed by atoms with Gasteiger partial charge in [0, 0.05) is 23.0 Å². The third-order valence-corrected chi connectivity index (χ3v) is 6.94. The minimum Gasteiger partial charge on any atom is -0.469 e. The highest BCUT2D eigenvalue weighted by atomic mass is 35.5. The molecule has 0 aliphatic heterocycles. The Kier molecular flexibility index (Phi) is 5.93. The number of rotatable bonds is 7. The van der Waals surface area contributed by atoms with E-state index in [2.05, 4.69) is 9.97 Å². The van der Waals surface area contributed by atoms with Gasteiger partial charge < -0.3 is 10.5 Å². The largest absolute Gasteiger partial charge is 0.469 e. The predicted molar refractivity (Wildman–Crippen MR) is 124 cm³/mol. The summed E-state index contributed by atoms with van der Waals surface area (Å²) in [6, 6.07) is 10.7. The van der Waals surface area contributed by atoms with Crippen LogP contribution in [0.2, 0.25) is 5.02 Å². The van der Waals surface area contributed by atoms with Crippen LogP contribution in [-0.4, -0.2) is 34.9 Å². The van der Waals surface area contributed by atoms with Crippen LogP contribution in [0.15, 0.2) is 48.8 Å². The van der Waals surface area contributed by atoms with Gasteiger partial charge in [0.1, 0.15) is 22.5 Å². The third kappa shape index (κ3) is 4.62. The van der Waals surface area contributed by atoms with Crippen molar-refractivity contribution in [2.75, 3.05) is 6.26 Å². The van der Waals surface area contributed by atoms with Gasteiger partial charge in [0.2, 0.25) is 5.88 Å². The molecule has 2 N–H and O–H groups in total. The van der Waals surface area contributed by atoms with Crippen LogP contribution in [-0.2, 0) is 15.6 Å². The molecule has 0 aliphatic carbocycles. The number of fused-ring (bicyclic) bond motifs is 1. The van der Waals surface area contributed by atoms with Crippen molar-refractivity contribution in [3.8, 4) is 16.6 Å². The van der Waals surface area contributed by atoms with E-state index in [-0.39, 0.29) is 16.5 Å². The second-order valence-electron chi connectivity index (χ2n) is 7.28. The Labute approximate surface area is 193 Å². The number of aromatic nitrogens is 3. The van der Waals surface area contributed by atoms with E-state index in [1.807, 2.05) is 18.2 Å². The fourth-order valence-corrected chi connectivity index (χ4v) is 5.18. The molecule has 8 nitrogen and oxygen atoms in total. The van der Waals surface area contributed by atoms with Gasteiger partial charge in [-0.2, -0.15) is 4.98 Å². The zero-order chi connectivity index (χ0) is 23.0. The van der Waals surface area contributed by atoms with Crippen molar-refractivity contribution in [1.29, 1.82) is 0 Å². The summed E-state index contributed by atoms with van der Waals surface area (Å²) in [4.78, 5) is 21.1. The number of imidazole rings is 1. The Morgan fingerprint density at radius 1 is 1.28 bits per heavy atom. The molecule has 3 aromatic heterocycles.